The number of nitrogens with zero attached hydrogens (tertiary/aromatic N) is 2. The van der Waals surface area contributed by atoms with Crippen molar-refractivity contribution in [2.24, 2.45) is 0 Å². The summed E-state index contributed by atoms with van der Waals surface area (Å²) in [5.41, 5.74) is 3.19. The molecule has 32 heavy (non-hydrogen) atoms. The van der Waals surface area contributed by atoms with Crippen molar-refractivity contribution in [3.8, 4) is 5.75 Å². The summed E-state index contributed by atoms with van der Waals surface area (Å²) in [6.07, 6.45) is 1.79. The zero-order valence-corrected chi connectivity index (χ0v) is 19.0. The zero-order chi connectivity index (χ0) is 22.7. The van der Waals surface area contributed by atoms with Crippen LogP contribution < -0.4 is 9.64 Å². The van der Waals surface area contributed by atoms with Crippen LogP contribution in [0, 0.1) is 0 Å². The molecule has 0 N–H and O–H groups in total. The lowest BCUT2D eigenvalue weighted by molar-refractivity contribution is 0.0985. The maximum absolute atomic E-state index is 13.4. The molecule has 0 spiro atoms. The molecule has 4 rings (SSSR count). The Morgan fingerprint density at radius 1 is 1.03 bits per heavy atom. The minimum Gasteiger partial charge on any atom is -0.495 e. The summed E-state index contributed by atoms with van der Waals surface area (Å²) in [7, 11) is -0.940. The van der Waals surface area contributed by atoms with E-state index in [1.54, 1.807) is 17.0 Å². The van der Waals surface area contributed by atoms with Crippen molar-refractivity contribution in [3.63, 3.8) is 0 Å². The smallest absolute Gasteiger partial charge is 0.258 e. The molecule has 1 aliphatic rings. The van der Waals surface area contributed by atoms with Gasteiger partial charge in [0.2, 0.25) is 10.0 Å². The molecule has 6 nitrogen and oxygen atoms in total. The van der Waals surface area contributed by atoms with E-state index >= 15 is 0 Å². The molecule has 3 aromatic rings. The van der Waals surface area contributed by atoms with Gasteiger partial charge in [-0.25, -0.2) is 8.42 Å². The fraction of sp³-hybridized carbons (Fsp3) is 0.240. The molecule has 0 saturated heterocycles. The van der Waals surface area contributed by atoms with Gasteiger partial charge in [0.05, 0.1) is 7.11 Å². The molecule has 0 radical (unpaired) electrons. The van der Waals surface area contributed by atoms with Crippen LogP contribution in [0.5, 0.6) is 5.75 Å². The molecule has 0 aromatic heterocycles. The number of amides is 1. The van der Waals surface area contributed by atoms with Gasteiger partial charge in [0.25, 0.3) is 5.91 Å². The summed E-state index contributed by atoms with van der Waals surface area (Å²) in [5, 5.41) is 0. The van der Waals surface area contributed by atoms with Gasteiger partial charge >= 0.3 is 0 Å². The van der Waals surface area contributed by atoms with E-state index in [1.807, 2.05) is 54.6 Å². The molecule has 0 saturated carbocycles. The highest BCUT2D eigenvalue weighted by atomic mass is 32.2. The van der Waals surface area contributed by atoms with Crippen LogP contribution in [0.3, 0.4) is 0 Å². The summed E-state index contributed by atoms with van der Waals surface area (Å²) in [5.74, 6) is -0.0116. The van der Waals surface area contributed by atoms with E-state index in [0.717, 1.165) is 29.7 Å². The van der Waals surface area contributed by atoms with Crippen molar-refractivity contribution >= 4 is 21.6 Å². The summed E-state index contributed by atoms with van der Waals surface area (Å²) in [6.45, 7) is 0.807. The van der Waals surface area contributed by atoms with Gasteiger partial charge in [-0.15, -0.1) is 0 Å². The first kappa shape index (κ1) is 22.0. The average molecular weight is 451 g/mol. The molecule has 0 atom stereocenters. The maximum Gasteiger partial charge on any atom is 0.258 e. The zero-order valence-electron chi connectivity index (χ0n) is 18.2. The Kier molecular flexibility index (Phi) is 6.30. The van der Waals surface area contributed by atoms with Gasteiger partial charge in [-0.1, -0.05) is 48.5 Å². The van der Waals surface area contributed by atoms with Gasteiger partial charge in [-0.2, -0.15) is 4.31 Å². The van der Waals surface area contributed by atoms with Crippen LogP contribution in [0.2, 0.25) is 0 Å². The molecule has 1 amide bonds. The molecule has 1 heterocycles. The summed E-state index contributed by atoms with van der Waals surface area (Å²) in [6, 6.07) is 21.8. The monoisotopic (exact) mass is 450 g/mol. The Labute approximate surface area is 189 Å². The van der Waals surface area contributed by atoms with Crippen LogP contribution >= 0.6 is 0 Å². The Morgan fingerprint density at radius 2 is 1.75 bits per heavy atom. The van der Waals surface area contributed by atoms with E-state index in [2.05, 4.69) is 0 Å². The van der Waals surface area contributed by atoms with Crippen LogP contribution in [0.15, 0.2) is 77.7 Å². The minimum absolute atomic E-state index is 0.0189. The number of para-hydroxylation sites is 1. The second kappa shape index (κ2) is 9.14. The molecule has 0 bridgehead atoms. The van der Waals surface area contributed by atoms with E-state index in [4.69, 9.17) is 4.74 Å². The molecule has 3 aromatic carbocycles. The number of carbonyl (C=O) groups excluding carboxylic acids is 1. The lowest BCUT2D eigenvalue weighted by atomic mass is 10.0. The third-order valence-electron chi connectivity index (χ3n) is 5.70. The second-order valence-corrected chi connectivity index (χ2v) is 9.81. The summed E-state index contributed by atoms with van der Waals surface area (Å²) >= 11 is 0. The van der Waals surface area contributed by atoms with E-state index in [-0.39, 0.29) is 23.1 Å². The third kappa shape index (κ3) is 4.26. The fourth-order valence-electron chi connectivity index (χ4n) is 4.01. The first-order valence-corrected chi connectivity index (χ1v) is 11.9. The Bertz CT molecular complexity index is 1230. The highest BCUT2D eigenvalue weighted by molar-refractivity contribution is 7.89. The average Bonchev–Trinajstić information content (AvgIpc) is 2.83. The van der Waals surface area contributed by atoms with E-state index in [9.17, 15) is 13.2 Å². The quantitative estimate of drug-likeness (QED) is 0.567. The molecule has 1 aliphatic heterocycles. The van der Waals surface area contributed by atoms with Gasteiger partial charge in [0.15, 0.2) is 0 Å². The number of carbonyl (C=O) groups is 1. The van der Waals surface area contributed by atoms with Crippen molar-refractivity contribution in [3.05, 3.63) is 89.5 Å². The standard InChI is InChI=1S/C25H26N2O4S/c1-26(18-19-9-4-3-5-10-19)32(29,30)24-17-21(14-15-23(24)31-2)25(28)27-16-8-12-20-11-6-7-13-22(20)27/h3-7,9-11,13-15,17H,8,12,16,18H2,1-2H3. The van der Waals surface area contributed by atoms with Crippen LogP contribution in [-0.2, 0) is 23.0 Å². The Hall–Kier alpha value is -3.16. The second-order valence-electron chi connectivity index (χ2n) is 7.80. The highest BCUT2D eigenvalue weighted by Crippen LogP contribution is 2.31. The lowest BCUT2D eigenvalue weighted by Gasteiger charge is -2.29. The number of methoxy groups -OCH3 is 1. The van der Waals surface area contributed by atoms with Gasteiger partial charge in [0.1, 0.15) is 10.6 Å². The molecule has 0 aliphatic carbocycles. The SMILES string of the molecule is COc1ccc(C(=O)N2CCCc3ccccc32)cc1S(=O)(=O)N(C)Cc1ccccc1. The molecular formula is C25H26N2O4S. The number of hydrogen-bond acceptors (Lipinski definition) is 4. The predicted molar refractivity (Wildman–Crippen MR) is 125 cm³/mol. The van der Waals surface area contributed by atoms with Crippen molar-refractivity contribution in [2.75, 3.05) is 25.6 Å². The van der Waals surface area contributed by atoms with Gasteiger partial charge in [-0.3, -0.25) is 4.79 Å². The fourth-order valence-corrected chi connectivity index (χ4v) is 5.34. The molecule has 166 valence electrons. The van der Waals surface area contributed by atoms with E-state index in [0.29, 0.717) is 12.1 Å². The van der Waals surface area contributed by atoms with E-state index in [1.165, 1.54) is 24.5 Å². The number of fused-ring (bicyclic) bond motifs is 1. The molecule has 7 heteroatoms. The number of benzene rings is 3. The third-order valence-corrected chi connectivity index (χ3v) is 7.53. The normalized spacial score (nSPS) is 13.7. The number of sulfonamides is 1. The Morgan fingerprint density at radius 3 is 2.50 bits per heavy atom. The van der Waals surface area contributed by atoms with Crippen molar-refractivity contribution in [1.82, 2.24) is 4.31 Å². The molecular weight excluding hydrogens is 424 g/mol. The number of rotatable bonds is 6. The van der Waals surface area contributed by atoms with E-state index < -0.39 is 10.0 Å². The largest absolute Gasteiger partial charge is 0.495 e. The van der Waals surface area contributed by atoms with Crippen LogP contribution in [0.1, 0.15) is 27.9 Å². The van der Waals surface area contributed by atoms with Gasteiger partial charge in [-0.05, 0) is 48.2 Å². The highest BCUT2D eigenvalue weighted by Gasteiger charge is 2.29. The topological polar surface area (TPSA) is 66.9 Å². The van der Waals surface area contributed by atoms with Crippen molar-refractivity contribution in [1.29, 1.82) is 0 Å². The Balaban J connectivity index is 1.68. The van der Waals surface area contributed by atoms with Crippen LogP contribution in [0.4, 0.5) is 5.69 Å². The molecule has 0 unspecified atom stereocenters. The van der Waals surface area contributed by atoms with Crippen molar-refractivity contribution in [2.45, 2.75) is 24.3 Å². The van der Waals surface area contributed by atoms with Gasteiger partial charge < -0.3 is 9.64 Å². The van der Waals surface area contributed by atoms with Crippen LogP contribution in [0.25, 0.3) is 0 Å². The predicted octanol–water partition coefficient (Wildman–Crippen LogP) is 4.11. The van der Waals surface area contributed by atoms with Crippen LogP contribution in [-0.4, -0.2) is 39.3 Å². The number of anilines is 1. The summed E-state index contributed by atoms with van der Waals surface area (Å²) < 4.78 is 33.4. The minimum atomic E-state index is -3.89. The number of aryl methyl sites for hydroxylation is 1. The number of ether oxygens (including phenoxy) is 1. The van der Waals surface area contributed by atoms with Crippen molar-refractivity contribution < 1.29 is 17.9 Å². The lowest BCUT2D eigenvalue weighted by Crippen LogP contribution is -2.35. The first-order valence-electron chi connectivity index (χ1n) is 10.5. The number of hydrogen-bond donors (Lipinski definition) is 0. The first-order chi connectivity index (χ1) is 15.4. The maximum atomic E-state index is 13.4. The molecule has 0 fully saturated rings. The van der Waals surface area contributed by atoms with Gasteiger partial charge in [0, 0.05) is 31.4 Å². The summed E-state index contributed by atoms with van der Waals surface area (Å²) in [4.78, 5) is 15.1.